The number of ether oxygens (including phenoxy) is 1. The lowest BCUT2D eigenvalue weighted by atomic mass is 10.1. The van der Waals surface area contributed by atoms with Crippen LogP contribution < -0.4 is 16.0 Å². The quantitative estimate of drug-likeness (QED) is 0.639. The Morgan fingerprint density at radius 3 is 2.67 bits per heavy atom. The van der Waals surface area contributed by atoms with Crippen molar-refractivity contribution in [2.75, 3.05) is 5.43 Å². The third-order valence-corrected chi connectivity index (χ3v) is 2.89. The van der Waals surface area contributed by atoms with E-state index in [4.69, 9.17) is 10.6 Å². The number of aryl methyl sites for hydroxylation is 2. The normalized spacial score (nSPS) is 10.2. The molecule has 94 valence electrons. The molecule has 0 heterocycles. The number of hydrogen-bond donors (Lipinski definition) is 2. The van der Waals surface area contributed by atoms with Crippen LogP contribution in [0.2, 0.25) is 0 Å². The number of hydrogen-bond acceptors (Lipinski definition) is 3. The number of anilines is 1. The van der Waals surface area contributed by atoms with Crippen LogP contribution in [-0.2, 0) is 6.61 Å². The van der Waals surface area contributed by atoms with E-state index in [1.165, 1.54) is 16.7 Å². The second kappa shape index (κ2) is 5.56. The Bertz CT molecular complexity index is 538. The molecule has 0 spiro atoms. The number of nitrogens with two attached hydrogens (primary N) is 1. The summed E-state index contributed by atoms with van der Waals surface area (Å²) in [6.07, 6.45) is 0. The van der Waals surface area contributed by atoms with Gasteiger partial charge in [-0.1, -0.05) is 29.8 Å². The molecule has 0 unspecified atom stereocenters. The lowest BCUT2D eigenvalue weighted by Gasteiger charge is -2.10. The van der Waals surface area contributed by atoms with Crippen LogP contribution in [0.3, 0.4) is 0 Å². The van der Waals surface area contributed by atoms with E-state index in [1.807, 2.05) is 24.3 Å². The van der Waals surface area contributed by atoms with E-state index in [9.17, 15) is 0 Å². The Morgan fingerprint density at radius 1 is 1.11 bits per heavy atom. The molecule has 3 N–H and O–H groups in total. The monoisotopic (exact) mass is 242 g/mol. The Labute approximate surface area is 108 Å². The minimum Gasteiger partial charge on any atom is -0.489 e. The van der Waals surface area contributed by atoms with Gasteiger partial charge in [-0.25, -0.2) is 0 Å². The topological polar surface area (TPSA) is 47.3 Å². The average molecular weight is 242 g/mol. The molecule has 0 saturated heterocycles. The maximum atomic E-state index is 5.76. The molecule has 0 aliphatic heterocycles. The minimum atomic E-state index is 0.570. The van der Waals surface area contributed by atoms with E-state index in [0.717, 1.165) is 11.4 Å². The van der Waals surface area contributed by atoms with Gasteiger partial charge in [0, 0.05) is 6.07 Å². The van der Waals surface area contributed by atoms with E-state index in [2.05, 4.69) is 37.5 Å². The fourth-order valence-corrected chi connectivity index (χ4v) is 1.84. The van der Waals surface area contributed by atoms with Crippen LogP contribution >= 0.6 is 0 Å². The zero-order valence-electron chi connectivity index (χ0n) is 10.7. The van der Waals surface area contributed by atoms with E-state index in [1.54, 1.807) is 0 Å². The first-order valence-electron chi connectivity index (χ1n) is 5.94. The Balaban J connectivity index is 2.06. The molecule has 0 atom stereocenters. The molecule has 0 amide bonds. The first kappa shape index (κ1) is 12.5. The molecular weight excluding hydrogens is 224 g/mol. The molecule has 0 saturated carbocycles. The van der Waals surface area contributed by atoms with Gasteiger partial charge >= 0.3 is 0 Å². The summed E-state index contributed by atoms with van der Waals surface area (Å²) in [5.41, 5.74) is 7.17. The highest BCUT2D eigenvalue weighted by molar-refractivity contribution is 5.47. The Kier molecular flexibility index (Phi) is 3.85. The summed E-state index contributed by atoms with van der Waals surface area (Å²) in [5, 5.41) is 0. The molecular formula is C15H18N2O. The highest BCUT2D eigenvalue weighted by atomic mass is 16.5. The molecule has 0 radical (unpaired) electrons. The summed E-state index contributed by atoms with van der Waals surface area (Å²) in [6, 6.07) is 14.0. The van der Waals surface area contributed by atoms with Crippen molar-refractivity contribution in [2.24, 2.45) is 5.84 Å². The fraction of sp³-hybridized carbons (Fsp3) is 0.200. The molecule has 2 aromatic rings. The number of nitrogen functional groups attached to an aromatic ring is 1. The van der Waals surface area contributed by atoms with Crippen molar-refractivity contribution in [1.29, 1.82) is 0 Å². The van der Waals surface area contributed by atoms with E-state index in [0.29, 0.717) is 6.61 Å². The number of benzene rings is 2. The molecule has 18 heavy (non-hydrogen) atoms. The van der Waals surface area contributed by atoms with Crippen LogP contribution in [0.1, 0.15) is 16.7 Å². The third kappa shape index (κ3) is 3.02. The lowest BCUT2D eigenvalue weighted by Crippen LogP contribution is -2.06. The minimum absolute atomic E-state index is 0.570. The van der Waals surface area contributed by atoms with Crippen LogP contribution in [0.5, 0.6) is 5.75 Å². The molecule has 0 aromatic heterocycles. The average Bonchev–Trinajstić information content (AvgIpc) is 2.38. The standard InChI is InChI=1S/C15H18N2O/c1-11-6-7-13(12(2)8-11)10-18-15-5-3-4-14(9-15)17-16/h3-9,17H,10,16H2,1-2H3. The summed E-state index contributed by atoms with van der Waals surface area (Å²) in [7, 11) is 0. The first-order valence-corrected chi connectivity index (χ1v) is 5.94. The van der Waals surface area contributed by atoms with Crippen LogP contribution in [0.15, 0.2) is 42.5 Å². The highest BCUT2D eigenvalue weighted by Gasteiger charge is 2.01. The molecule has 3 nitrogen and oxygen atoms in total. The van der Waals surface area contributed by atoms with Crippen molar-refractivity contribution < 1.29 is 4.74 Å². The summed E-state index contributed by atoms with van der Waals surface area (Å²) < 4.78 is 5.76. The smallest absolute Gasteiger partial charge is 0.121 e. The van der Waals surface area contributed by atoms with Crippen LogP contribution in [-0.4, -0.2) is 0 Å². The Hall–Kier alpha value is -2.00. The SMILES string of the molecule is Cc1ccc(COc2cccc(NN)c2)c(C)c1. The van der Waals surface area contributed by atoms with Crippen molar-refractivity contribution >= 4 is 5.69 Å². The lowest BCUT2D eigenvalue weighted by molar-refractivity contribution is 0.305. The number of hydrazine groups is 1. The summed E-state index contributed by atoms with van der Waals surface area (Å²) in [5.74, 6) is 6.17. The predicted octanol–water partition coefficient (Wildman–Crippen LogP) is 3.17. The molecule has 0 fully saturated rings. The molecule has 0 bridgehead atoms. The van der Waals surface area contributed by atoms with Crippen molar-refractivity contribution in [3.63, 3.8) is 0 Å². The maximum absolute atomic E-state index is 5.76. The Morgan fingerprint density at radius 2 is 1.94 bits per heavy atom. The predicted molar refractivity (Wildman–Crippen MR) is 74.5 cm³/mol. The van der Waals surface area contributed by atoms with E-state index < -0.39 is 0 Å². The van der Waals surface area contributed by atoms with Crippen LogP contribution in [0, 0.1) is 13.8 Å². The number of nitrogens with one attached hydrogen (secondary N) is 1. The van der Waals surface area contributed by atoms with Gasteiger partial charge in [0.15, 0.2) is 0 Å². The fourth-order valence-electron chi connectivity index (χ4n) is 1.84. The third-order valence-electron chi connectivity index (χ3n) is 2.89. The molecule has 2 aromatic carbocycles. The van der Waals surface area contributed by atoms with Gasteiger partial charge in [-0.05, 0) is 37.1 Å². The van der Waals surface area contributed by atoms with Crippen molar-refractivity contribution in [2.45, 2.75) is 20.5 Å². The summed E-state index contributed by atoms with van der Waals surface area (Å²) in [6.45, 7) is 4.76. The van der Waals surface area contributed by atoms with Gasteiger partial charge in [0.25, 0.3) is 0 Å². The van der Waals surface area contributed by atoms with Crippen molar-refractivity contribution in [3.05, 3.63) is 59.2 Å². The van der Waals surface area contributed by atoms with Gasteiger partial charge in [-0.15, -0.1) is 0 Å². The first-order chi connectivity index (χ1) is 8.69. The van der Waals surface area contributed by atoms with E-state index >= 15 is 0 Å². The van der Waals surface area contributed by atoms with Gasteiger partial charge in [-0.2, -0.15) is 0 Å². The second-order valence-electron chi connectivity index (χ2n) is 4.39. The molecule has 0 aliphatic rings. The molecule has 0 aliphatic carbocycles. The molecule has 2 rings (SSSR count). The zero-order chi connectivity index (χ0) is 13.0. The maximum Gasteiger partial charge on any atom is 0.121 e. The van der Waals surface area contributed by atoms with Gasteiger partial charge in [0.05, 0.1) is 5.69 Å². The van der Waals surface area contributed by atoms with Crippen molar-refractivity contribution in [3.8, 4) is 5.75 Å². The largest absolute Gasteiger partial charge is 0.489 e. The van der Waals surface area contributed by atoms with Gasteiger partial charge in [0.2, 0.25) is 0 Å². The van der Waals surface area contributed by atoms with Crippen LogP contribution in [0.25, 0.3) is 0 Å². The van der Waals surface area contributed by atoms with Gasteiger partial charge in [0.1, 0.15) is 12.4 Å². The molecule has 3 heteroatoms. The number of rotatable bonds is 4. The van der Waals surface area contributed by atoms with Crippen LogP contribution in [0.4, 0.5) is 5.69 Å². The summed E-state index contributed by atoms with van der Waals surface area (Å²) >= 11 is 0. The van der Waals surface area contributed by atoms with Gasteiger partial charge in [-0.3, -0.25) is 5.84 Å². The second-order valence-corrected chi connectivity index (χ2v) is 4.39. The van der Waals surface area contributed by atoms with E-state index in [-0.39, 0.29) is 0 Å². The van der Waals surface area contributed by atoms with Gasteiger partial charge < -0.3 is 10.2 Å². The summed E-state index contributed by atoms with van der Waals surface area (Å²) in [4.78, 5) is 0. The zero-order valence-corrected chi connectivity index (χ0v) is 10.7. The van der Waals surface area contributed by atoms with Crippen molar-refractivity contribution in [1.82, 2.24) is 0 Å². The highest BCUT2D eigenvalue weighted by Crippen LogP contribution is 2.19.